The number of hydrogen-bond acceptors (Lipinski definition) is 5. The van der Waals surface area contributed by atoms with E-state index in [1.807, 2.05) is 6.92 Å². The molecule has 0 bridgehead atoms. The van der Waals surface area contributed by atoms with Gasteiger partial charge in [-0.2, -0.15) is 0 Å². The van der Waals surface area contributed by atoms with Crippen molar-refractivity contribution in [2.24, 2.45) is 0 Å². The van der Waals surface area contributed by atoms with Crippen LogP contribution in [0.15, 0.2) is 0 Å². The largest absolute Gasteiger partial charge is 0.383 e. The van der Waals surface area contributed by atoms with E-state index in [4.69, 9.17) is 5.73 Å². The third kappa shape index (κ3) is 2.41. The Bertz CT molecular complexity index is 430. The number of hydrogen-bond donors (Lipinski definition) is 1. The summed E-state index contributed by atoms with van der Waals surface area (Å²) in [5, 5.41) is 0. The summed E-state index contributed by atoms with van der Waals surface area (Å²) < 4.78 is 0. The second-order valence-corrected chi connectivity index (χ2v) is 5.18. The number of aromatic nitrogens is 2. The topological polar surface area (TPSA) is 58.3 Å². The van der Waals surface area contributed by atoms with Gasteiger partial charge in [0.2, 0.25) is 0 Å². The lowest BCUT2D eigenvalue weighted by atomic mass is 10.2. The highest BCUT2D eigenvalue weighted by molar-refractivity contribution is 5.57. The average molecular weight is 249 g/mol. The molecule has 2 rings (SSSR count). The highest BCUT2D eigenvalue weighted by Gasteiger charge is 2.26. The summed E-state index contributed by atoms with van der Waals surface area (Å²) in [6.07, 6.45) is 2.00. The van der Waals surface area contributed by atoms with Crippen LogP contribution in [-0.4, -0.2) is 48.1 Å². The molecule has 1 aliphatic rings. The van der Waals surface area contributed by atoms with E-state index < -0.39 is 0 Å². The molecule has 1 unspecified atom stereocenters. The van der Waals surface area contributed by atoms with E-state index in [1.54, 1.807) is 0 Å². The summed E-state index contributed by atoms with van der Waals surface area (Å²) in [5.41, 5.74) is 6.98. The number of nitrogens with zero attached hydrogens (tertiary/aromatic N) is 4. The first-order valence-corrected chi connectivity index (χ1v) is 6.57. The Morgan fingerprint density at radius 1 is 1.39 bits per heavy atom. The molecular formula is C13H23N5. The second kappa shape index (κ2) is 5.10. The molecule has 1 aliphatic heterocycles. The zero-order valence-corrected chi connectivity index (χ0v) is 11.8. The van der Waals surface area contributed by atoms with Gasteiger partial charge in [-0.1, -0.05) is 6.92 Å². The first-order valence-electron chi connectivity index (χ1n) is 6.57. The van der Waals surface area contributed by atoms with Crippen molar-refractivity contribution < 1.29 is 0 Å². The zero-order valence-electron chi connectivity index (χ0n) is 11.8. The number of aryl methyl sites for hydroxylation is 1. The molecule has 0 radical (unpaired) electrons. The Labute approximate surface area is 109 Å². The zero-order chi connectivity index (χ0) is 13.3. The van der Waals surface area contributed by atoms with Gasteiger partial charge in [0.15, 0.2) is 0 Å². The van der Waals surface area contributed by atoms with Gasteiger partial charge in [-0.15, -0.1) is 0 Å². The summed E-state index contributed by atoms with van der Waals surface area (Å²) in [7, 11) is 4.26. The summed E-state index contributed by atoms with van der Waals surface area (Å²) >= 11 is 0. The van der Waals surface area contributed by atoms with Crippen molar-refractivity contribution in [3.05, 3.63) is 11.4 Å². The standard InChI is InChI=1S/C13H23N5/c1-5-11-15-12(14)9(2)13(16-11)18-7-6-10(8-18)17(3)4/h10H,5-8H2,1-4H3,(H2,14,15,16). The van der Waals surface area contributed by atoms with Crippen LogP contribution in [-0.2, 0) is 6.42 Å². The van der Waals surface area contributed by atoms with Crippen LogP contribution < -0.4 is 10.6 Å². The van der Waals surface area contributed by atoms with Gasteiger partial charge in [0.1, 0.15) is 17.5 Å². The normalized spacial score (nSPS) is 19.8. The monoisotopic (exact) mass is 249 g/mol. The van der Waals surface area contributed by atoms with Crippen LogP contribution in [0, 0.1) is 6.92 Å². The van der Waals surface area contributed by atoms with E-state index in [0.717, 1.165) is 36.7 Å². The van der Waals surface area contributed by atoms with Crippen LogP contribution in [0.4, 0.5) is 11.6 Å². The molecule has 1 aromatic heterocycles. The van der Waals surface area contributed by atoms with Crippen LogP contribution in [0.1, 0.15) is 24.7 Å². The van der Waals surface area contributed by atoms with Crippen molar-refractivity contribution in [1.29, 1.82) is 0 Å². The Morgan fingerprint density at radius 2 is 2.11 bits per heavy atom. The summed E-state index contributed by atoms with van der Waals surface area (Å²) in [6.45, 7) is 6.13. The molecule has 2 N–H and O–H groups in total. The van der Waals surface area contributed by atoms with Gasteiger partial charge >= 0.3 is 0 Å². The summed E-state index contributed by atoms with van der Waals surface area (Å²) in [5.74, 6) is 2.47. The summed E-state index contributed by atoms with van der Waals surface area (Å²) in [4.78, 5) is 13.6. The Balaban J connectivity index is 2.26. The minimum atomic E-state index is 0.602. The van der Waals surface area contributed by atoms with Gasteiger partial charge in [0.25, 0.3) is 0 Å². The molecule has 5 nitrogen and oxygen atoms in total. The van der Waals surface area contributed by atoms with Crippen molar-refractivity contribution in [3.8, 4) is 0 Å². The number of anilines is 2. The van der Waals surface area contributed by atoms with Crippen molar-refractivity contribution in [3.63, 3.8) is 0 Å². The lowest BCUT2D eigenvalue weighted by molar-refractivity contribution is 0.315. The Kier molecular flexibility index (Phi) is 3.71. The fourth-order valence-electron chi connectivity index (χ4n) is 2.39. The molecule has 0 aromatic carbocycles. The molecule has 18 heavy (non-hydrogen) atoms. The smallest absolute Gasteiger partial charge is 0.137 e. The Hall–Kier alpha value is -1.36. The molecule has 1 aromatic rings. The van der Waals surface area contributed by atoms with Crippen molar-refractivity contribution >= 4 is 11.6 Å². The number of nitrogens with two attached hydrogens (primary N) is 1. The SMILES string of the molecule is CCc1nc(N)c(C)c(N2CCC(N(C)C)C2)n1. The number of likely N-dealkylation sites (N-methyl/N-ethyl adjacent to an activating group) is 1. The highest BCUT2D eigenvalue weighted by Crippen LogP contribution is 2.26. The number of rotatable bonds is 3. The number of nitrogen functional groups attached to an aromatic ring is 1. The second-order valence-electron chi connectivity index (χ2n) is 5.18. The molecule has 100 valence electrons. The maximum absolute atomic E-state index is 5.97. The van der Waals surface area contributed by atoms with E-state index in [1.165, 1.54) is 6.42 Å². The first kappa shape index (κ1) is 13.1. The molecular weight excluding hydrogens is 226 g/mol. The van der Waals surface area contributed by atoms with Crippen LogP contribution in [0.25, 0.3) is 0 Å². The molecule has 2 heterocycles. The molecule has 1 saturated heterocycles. The van der Waals surface area contributed by atoms with E-state index >= 15 is 0 Å². The van der Waals surface area contributed by atoms with Gasteiger partial charge in [-0.25, -0.2) is 9.97 Å². The van der Waals surface area contributed by atoms with Gasteiger partial charge in [-0.05, 0) is 27.4 Å². The maximum Gasteiger partial charge on any atom is 0.137 e. The molecule has 1 fully saturated rings. The highest BCUT2D eigenvalue weighted by atomic mass is 15.3. The van der Waals surface area contributed by atoms with Gasteiger partial charge < -0.3 is 15.5 Å². The van der Waals surface area contributed by atoms with Crippen LogP contribution >= 0.6 is 0 Å². The third-order valence-corrected chi connectivity index (χ3v) is 3.71. The third-order valence-electron chi connectivity index (χ3n) is 3.71. The minimum absolute atomic E-state index is 0.602. The molecule has 5 heteroatoms. The van der Waals surface area contributed by atoms with E-state index in [2.05, 4.69) is 40.8 Å². The first-order chi connectivity index (χ1) is 8.52. The van der Waals surface area contributed by atoms with Crippen molar-refractivity contribution in [2.45, 2.75) is 32.7 Å². The van der Waals surface area contributed by atoms with Crippen LogP contribution in [0.2, 0.25) is 0 Å². The summed E-state index contributed by atoms with van der Waals surface area (Å²) in [6, 6.07) is 0.602. The van der Waals surface area contributed by atoms with Gasteiger partial charge in [0.05, 0.1) is 0 Å². The van der Waals surface area contributed by atoms with Crippen LogP contribution in [0.3, 0.4) is 0 Å². The molecule has 1 atom stereocenters. The van der Waals surface area contributed by atoms with Gasteiger partial charge in [-0.3, -0.25) is 0 Å². The van der Waals surface area contributed by atoms with E-state index in [0.29, 0.717) is 11.9 Å². The minimum Gasteiger partial charge on any atom is -0.383 e. The molecule has 0 amide bonds. The van der Waals surface area contributed by atoms with Crippen LogP contribution in [0.5, 0.6) is 0 Å². The van der Waals surface area contributed by atoms with Crippen molar-refractivity contribution in [1.82, 2.24) is 14.9 Å². The van der Waals surface area contributed by atoms with Gasteiger partial charge in [0, 0.05) is 31.1 Å². The predicted octanol–water partition coefficient (Wildman–Crippen LogP) is 1.07. The average Bonchev–Trinajstić information content (AvgIpc) is 2.82. The molecule has 0 spiro atoms. The Morgan fingerprint density at radius 3 is 2.67 bits per heavy atom. The quantitative estimate of drug-likeness (QED) is 0.868. The predicted molar refractivity (Wildman–Crippen MR) is 74.9 cm³/mol. The molecule has 0 aliphatic carbocycles. The molecule has 0 saturated carbocycles. The van der Waals surface area contributed by atoms with E-state index in [9.17, 15) is 0 Å². The van der Waals surface area contributed by atoms with E-state index in [-0.39, 0.29) is 0 Å². The van der Waals surface area contributed by atoms with Crippen molar-refractivity contribution in [2.75, 3.05) is 37.8 Å². The maximum atomic E-state index is 5.97. The fourth-order valence-corrected chi connectivity index (χ4v) is 2.39. The lowest BCUT2D eigenvalue weighted by Crippen LogP contribution is -2.32. The lowest BCUT2D eigenvalue weighted by Gasteiger charge is -2.23. The fraction of sp³-hybridized carbons (Fsp3) is 0.692.